The summed E-state index contributed by atoms with van der Waals surface area (Å²) >= 11 is 0. The number of rotatable bonds is 2. The van der Waals surface area contributed by atoms with Crippen LogP contribution in [0.4, 0.5) is 0 Å². The Balaban J connectivity index is 1.98. The van der Waals surface area contributed by atoms with Crippen molar-refractivity contribution in [2.75, 3.05) is 13.2 Å². The van der Waals surface area contributed by atoms with E-state index in [9.17, 15) is 9.59 Å². The van der Waals surface area contributed by atoms with Gasteiger partial charge in [0.05, 0.1) is 19.1 Å². The fourth-order valence-electron chi connectivity index (χ4n) is 2.38. The Morgan fingerprint density at radius 2 is 2.00 bits per heavy atom. The molecular weight excluding hydrogens is 180 g/mol. The standard InChI is InChI=1S/C11H16O3/c12-10-5-6-14-7-9(10)11(13)8-3-1-2-4-8/h8-9H,1-7H2. The summed E-state index contributed by atoms with van der Waals surface area (Å²) in [5, 5.41) is 0. The maximum absolute atomic E-state index is 11.9. The molecule has 0 aromatic carbocycles. The molecule has 78 valence electrons. The second-order valence-corrected chi connectivity index (χ2v) is 4.23. The van der Waals surface area contributed by atoms with Gasteiger partial charge in [-0.3, -0.25) is 9.59 Å². The zero-order valence-electron chi connectivity index (χ0n) is 8.33. The molecule has 0 bridgehead atoms. The predicted octanol–water partition coefficient (Wildman–Crippen LogP) is 1.35. The van der Waals surface area contributed by atoms with Gasteiger partial charge in [0.25, 0.3) is 0 Å². The molecule has 3 heteroatoms. The summed E-state index contributed by atoms with van der Waals surface area (Å²) in [4.78, 5) is 23.4. The van der Waals surface area contributed by atoms with Gasteiger partial charge in [-0.25, -0.2) is 0 Å². The molecule has 1 saturated heterocycles. The van der Waals surface area contributed by atoms with Crippen molar-refractivity contribution in [3.05, 3.63) is 0 Å². The van der Waals surface area contributed by atoms with E-state index < -0.39 is 5.92 Å². The fraction of sp³-hybridized carbons (Fsp3) is 0.818. The largest absolute Gasteiger partial charge is 0.380 e. The summed E-state index contributed by atoms with van der Waals surface area (Å²) in [5.74, 6) is -0.0575. The molecule has 1 saturated carbocycles. The van der Waals surface area contributed by atoms with Gasteiger partial charge in [-0.2, -0.15) is 0 Å². The van der Waals surface area contributed by atoms with Crippen molar-refractivity contribution in [2.45, 2.75) is 32.1 Å². The van der Waals surface area contributed by atoms with E-state index >= 15 is 0 Å². The minimum Gasteiger partial charge on any atom is -0.380 e. The maximum Gasteiger partial charge on any atom is 0.148 e. The van der Waals surface area contributed by atoms with Crippen molar-refractivity contribution < 1.29 is 14.3 Å². The molecule has 0 spiro atoms. The highest BCUT2D eigenvalue weighted by Gasteiger charge is 2.35. The third-order valence-electron chi connectivity index (χ3n) is 3.27. The van der Waals surface area contributed by atoms with Crippen molar-refractivity contribution in [3.63, 3.8) is 0 Å². The van der Waals surface area contributed by atoms with Crippen LogP contribution in [0, 0.1) is 11.8 Å². The van der Waals surface area contributed by atoms with E-state index in [1.165, 1.54) is 0 Å². The first-order chi connectivity index (χ1) is 6.79. The smallest absolute Gasteiger partial charge is 0.148 e. The number of ether oxygens (including phenoxy) is 1. The number of hydrogen-bond donors (Lipinski definition) is 0. The van der Waals surface area contributed by atoms with Crippen molar-refractivity contribution in [2.24, 2.45) is 11.8 Å². The van der Waals surface area contributed by atoms with E-state index in [0.717, 1.165) is 25.7 Å². The van der Waals surface area contributed by atoms with Crippen LogP contribution in [0.3, 0.4) is 0 Å². The number of carbonyl (C=O) groups excluding carboxylic acids is 2. The van der Waals surface area contributed by atoms with Crippen LogP contribution in [0.1, 0.15) is 32.1 Å². The second kappa shape index (κ2) is 4.22. The molecule has 14 heavy (non-hydrogen) atoms. The molecule has 1 aliphatic heterocycles. The molecule has 0 aromatic rings. The van der Waals surface area contributed by atoms with Gasteiger partial charge >= 0.3 is 0 Å². The molecule has 2 fully saturated rings. The molecule has 1 aliphatic carbocycles. The second-order valence-electron chi connectivity index (χ2n) is 4.23. The van der Waals surface area contributed by atoms with Crippen LogP contribution in [-0.2, 0) is 14.3 Å². The SMILES string of the molecule is O=C1CCOCC1C(=O)C1CCCC1. The first kappa shape index (κ1) is 9.84. The van der Waals surface area contributed by atoms with E-state index in [2.05, 4.69) is 0 Å². The van der Waals surface area contributed by atoms with E-state index in [1.807, 2.05) is 0 Å². The zero-order valence-corrected chi connectivity index (χ0v) is 8.33. The first-order valence-corrected chi connectivity index (χ1v) is 5.43. The van der Waals surface area contributed by atoms with E-state index in [4.69, 9.17) is 4.74 Å². The van der Waals surface area contributed by atoms with Crippen LogP contribution in [0.15, 0.2) is 0 Å². The zero-order chi connectivity index (χ0) is 9.97. The van der Waals surface area contributed by atoms with Crippen LogP contribution < -0.4 is 0 Å². The van der Waals surface area contributed by atoms with Gasteiger partial charge in [-0.05, 0) is 12.8 Å². The normalized spacial score (nSPS) is 29.4. The summed E-state index contributed by atoms with van der Waals surface area (Å²) in [7, 11) is 0. The predicted molar refractivity (Wildman–Crippen MR) is 50.9 cm³/mol. The third-order valence-corrected chi connectivity index (χ3v) is 3.27. The quantitative estimate of drug-likeness (QED) is 0.626. The minimum atomic E-state index is -0.438. The molecular formula is C11H16O3. The molecule has 1 atom stereocenters. The molecule has 0 aromatic heterocycles. The molecule has 1 heterocycles. The summed E-state index contributed by atoms with van der Waals surface area (Å²) in [6, 6.07) is 0. The number of hydrogen-bond acceptors (Lipinski definition) is 3. The molecule has 0 N–H and O–H groups in total. The van der Waals surface area contributed by atoms with Gasteiger partial charge in [0.1, 0.15) is 11.6 Å². The Morgan fingerprint density at radius 1 is 1.29 bits per heavy atom. The van der Waals surface area contributed by atoms with Gasteiger partial charge in [-0.15, -0.1) is 0 Å². The molecule has 0 amide bonds. The van der Waals surface area contributed by atoms with Gasteiger partial charge in [0.2, 0.25) is 0 Å². The summed E-state index contributed by atoms with van der Waals surface area (Å²) < 4.78 is 5.19. The van der Waals surface area contributed by atoms with Gasteiger partial charge < -0.3 is 4.74 Å². The lowest BCUT2D eigenvalue weighted by atomic mass is 9.87. The van der Waals surface area contributed by atoms with Gasteiger partial charge in [0.15, 0.2) is 0 Å². The van der Waals surface area contributed by atoms with Crippen molar-refractivity contribution in [1.29, 1.82) is 0 Å². The maximum atomic E-state index is 11.9. The topological polar surface area (TPSA) is 43.4 Å². The average Bonchev–Trinajstić information content (AvgIpc) is 2.70. The summed E-state index contributed by atoms with van der Waals surface area (Å²) in [6.07, 6.45) is 4.64. The Morgan fingerprint density at radius 3 is 2.64 bits per heavy atom. The first-order valence-electron chi connectivity index (χ1n) is 5.43. The van der Waals surface area contributed by atoms with Crippen molar-refractivity contribution >= 4 is 11.6 Å². The van der Waals surface area contributed by atoms with E-state index in [-0.39, 0.29) is 17.5 Å². The monoisotopic (exact) mass is 196 g/mol. The lowest BCUT2D eigenvalue weighted by Crippen LogP contribution is -2.36. The van der Waals surface area contributed by atoms with E-state index in [0.29, 0.717) is 19.6 Å². The summed E-state index contributed by atoms with van der Waals surface area (Å²) in [5.41, 5.74) is 0. The van der Waals surface area contributed by atoms with E-state index in [1.54, 1.807) is 0 Å². The molecule has 2 rings (SSSR count). The van der Waals surface area contributed by atoms with Gasteiger partial charge in [-0.1, -0.05) is 12.8 Å². The van der Waals surface area contributed by atoms with Crippen LogP contribution in [0.2, 0.25) is 0 Å². The average molecular weight is 196 g/mol. The van der Waals surface area contributed by atoms with Crippen LogP contribution >= 0.6 is 0 Å². The Kier molecular flexibility index (Phi) is 2.96. The third kappa shape index (κ3) is 1.87. The molecule has 3 nitrogen and oxygen atoms in total. The van der Waals surface area contributed by atoms with Crippen molar-refractivity contribution in [1.82, 2.24) is 0 Å². The van der Waals surface area contributed by atoms with Crippen LogP contribution in [-0.4, -0.2) is 24.8 Å². The highest BCUT2D eigenvalue weighted by atomic mass is 16.5. The Hall–Kier alpha value is -0.700. The fourth-order valence-corrected chi connectivity index (χ4v) is 2.38. The minimum absolute atomic E-state index is 0.0909. The lowest BCUT2D eigenvalue weighted by molar-refractivity contribution is -0.142. The van der Waals surface area contributed by atoms with Gasteiger partial charge in [0, 0.05) is 12.3 Å². The highest BCUT2D eigenvalue weighted by Crippen LogP contribution is 2.29. The van der Waals surface area contributed by atoms with Crippen molar-refractivity contribution in [3.8, 4) is 0 Å². The molecule has 1 unspecified atom stereocenters. The summed E-state index contributed by atoms with van der Waals surface area (Å²) in [6.45, 7) is 0.821. The van der Waals surface area contributed by atoms with Crippen LogP contribution in [0.25, 0.3) is 0 Å². The Labute approximate surface area is 83.8 Å². The number of Topliss-reactive ketones (excluding diaryl/α,β-unsaturated/α-hetero) is 2. The molecule has 2 aliphatic rings. The lowest BCUT2D eigenvalue weighted by Gasteiger charge is -2.22. The number of carbonyl (C=O) groups is 2. The molecule has 0 radical (unpaired) electrons. The number of ketones is 2. The Bertz CT molecular complexity index is 241. The highest BCUT2D eigenvalue weighted by molar-refractivity contribution is 6.03. The van der Waals surface area contributed by atoms with Crippen LogP contribution in [0.5, 0.6) is 0 Å².